The zero-order valence-electron chi connectivity index (χ0n) is 12.5. The van der Waals surface area contributed by atoms with E-state index in [1.165, 1.54) is 0 Å². The Bertz CT molecular complexity index is 516. The van der Waals surface area contributed by atoms with Gasteiger partial charge in [0.2, 0.25) is 10.0 Å². The third-order valence-electron chi connectivity index (χ3n) is 3.58. The van der Waals surface area contributed by atoms with Crippen LogP contribution >= 0.6 is 15.9 Å². The summed E-state index contributed by atoms with van der Waals surface area (Å²) in [5.74, 6) is 0.103. The number of sulfonamides is 1. The van der Waals surface area contributed by atoms with Gasteiger partial charge in [-0.1, -0.05) is 49.0 Å². The van der Waals surface area contributed by atoms with Crippen LogP contribution in [0.5, 0.6) is 0 Å². The lowest BCUT2D eigenvalue weighted by Gasteiger charge is -2.23. The molecule has 6 heteroatoms. The molecule has 2 atom stereocenters. The molecule has 1 rings (SSSR count). The van der Waals surface area contributed by atoms with E-state index in [1.54, 1.807) is 24.3 Å². The van der Waals surface area contributed by atoms with Gasteiger partial charge in [-0.25, -0.2) is 13.1 Å². The van der Waals surface area contributed by atoms with Crippen LogP contribution in [0, 0.1) is 5.92 Å². The number of unbranched alkanes of at least 4 members (excludes halogenated alkanes) is 2. The summed E-state index contributed by atoms with van der Waals surface area (Å²) in [5.41, 5.74) is 0. The second kappa shape index (κ2) is 8.88. The number of hydrogen-bond donors (Lipinski definition) is 2. The SMILES string of the molecule is CCCCCC(C)C(CO)NS(=O)(=O)c1ccc(Br)cc1. The van der Waals surface area contributed by atoms with E-state index in [4.69, 9.17) is 0 Å². The molecule has 0 fully saturated rings. The normalized spacial score (nSPS) is 14.9. The smallest absolute Gasteiger partial charge is 0.240 e. The van der Waals surface area contributed by atoms with Gasteiger partial charge in [-0.3, -0.25) is 0 Å². The van der Waals surface area contributed by atoms with Gasteiger partial charge in [0.05, 0.1) is 11.5 Å². The lowest BCUT2D eigenvalue weighted by atomic mass is 9.96. The number of halogens is 1. The monoisotopic (exact) mass is 377 g/mol. The van der Waals surface area contributed by atoms with Gasteiger partial charge in [-0.15, -0.1) is 0 Å². The summed E-state index contributed by atoms with van der Waals surface area (Å²) in [7, 11) is -3.59. The molecule has 1 aromatic rings. The van der Waals surface area contributed by atoms with E-state index in [2.05, 4.69) is 27.6 Å². The van der Waals surface area contributed by atoms with Gasteiger partial charge in [0.15, 0.2) is 0 Å². The number of nitrogens with one attached hydrogen (secondary N) is 1. The first-order valence-electron chi connectivity index (χ1n) is 7.29. The molecule has 0 heterocycles. The molecule has 0 radical (unpaired) electrons. The Morgan fingerprint density at radius 1 is 1.24 bits per heavy atom. The van der Waals surface area contributed by atoms with Crippen LogP contribution in [0.1, 0.15) is 39.5 Å². The molecule has 4 nitrogen and oxygen atoms in total. The second-order valence-corrected chi connectivity index (χ2v) is 7.97. The molecule has 2 unspecified atom stereocenters. The molecule has 21 heavy (non-hydrogen) atoms. The molecule has 0 aliphatic heterocycles. The predicted octanol–water partition coefficient (Wildman–Crippen LogP) is 3.30. The highest BCUT2D eigenvalue weighted by Gasteiger charge is 2.23. The Morgan fingerprint density at radius 2 is 1.86 bits per heavy atom. The molecule has 1 aromatic carbocycles. The summed E-state index contributed by atoms with van der Waals surface area (Å²) in [4.78, 5) is 0.213. The zero-order chi connectivity index (χ0) is 15.9. The number of hydrogen-bond acceptors (Lipinski definition) is 3. The maximum absolute atomic E-state index is 12.3. The van der Waals surface area contributed by atoms with Crippen molar-refractivity contribution >= 4 is 26.0 Å². The molecule has 2 N–H and O–H groups in total. The first-order valence-corrected chi connectivity index (χ1v) is 9.57. The topological polar surface area (TPSA) is 66.4 Å². The number of aliphatic hydroxyl groups excluding tert-OH is 1. The van der Waals surface area contributed by atoms with E-state index in [0.29, 0.717) is 0 Å². The fourth-order valence-corrected chi connectivity index (χ4v) is 3.73. The van der Waals surface area contributed by atoms with Crippen molar-refractivity contribution in [3.8, 4) is 0 Å². The fraction of sp³-hybridized carbons (Fsp3) is 0.600. The Morgan fingerprint density at radius 3 is 2.38 bits per heavy atom. The molecule has 120 valence electrons. The summed E-state index contributed by atoms with van der Waals surface area (Å²) >= 11 is 3.28. The molecule has 0 saturated carbocycles. The highest BCUT2D eigenvalue weighted by atomic mass is 79.9. The summed E-state index contributed by atoms with van der Waals surface area (Å²) in [6, 6.07) is 6.02. The van der Waals surface area contributed by atoms with Gasteiger partial charge in [-0.2, -0.15) is 0 Å². The van der Waals surface area contributed by atoms with Crippen molar-refractivity contribution in [2.75, 3.05) is 6.61 Å². The molecule has 0 bridgehead atoms. The highest BCUT2D eigenvalue weighted by Crippen LogP contribution is 2.18. The van der Waals surface area contributed by atoms with Crippen molar-refractivity contribution in [1.29, 1.82) is 0 Å². The van der Waals surface area contributed by atoms with E-state index >= 15 is 0 Å². The van der Waals surface area contributed by atoms with E-state index in [-0.39, 0.29) is 17.4 Å². The minimum atomic E-state index is -3.59. The summed E-state index contributed by atoms with van der Waals surface area (Å²) in [5, 5.41) is 9.47. The first-order chi connectivity index (χ1) is 9.90. The van der Waals surface area contributed by atoms with Crippen molar-refractivity contribution in [2.45, 2.75) is 50.5 Å². The standard InChI is InChI=1S/C15H24BrNO3S/c1-3-4-5-6-12(2)15(11-18)17-21(19,20)14-9-7-13(16)8-10-14/h7-10,12,15,17-18H,3-6,11H2,1-2H3. The molecular weight excluding hydrogens is 354 g/mol. The number of aliphatic hydroxyl groups is 1. The average Bonchev–Trinajstić information content (AvgIpc) is 2.45. The Hall–Kier alpha value is -0.430. The van der Waals surface area contributed by atoms with E-state index < -0.39 is 16.1 Å². The van der Waals surface area contributed by atoms with Gasteiger partial charge >= 0.3 is 0 Å². The van der Waals surface area contributed by atoms with Crippen molar-refractivity contribution < 1.29 is 13.5 Å². The quantitative estimate of drug-likeness (QED) is 0.648. The maximum atomic E-state index is 12.3. The number of rotatable bonds is 9. The zero-order valence-corrected chi connectivity index (χ0v) is 15.0. The van der Waals surface area contributed by atoms with Gasteiger partial charge in [0.1, 0.15) is 0 Å². The van der Waals surface area contributed by atoms with E-state index in [9.17, 15) is 13.5 Å². The predicted molar refractivity (Wildman–Crippen MR) is 88.6 cm³/mol. The van der Waals surface area contributed by atoms with Crippen molar-refractivity contribution in [1.82, 2.24) is 4.72 Å². The number of benzene rings is 1. The van der Waals surface area contributed by atoms with Crippen molar-refractivity contribution in [3.63, 3.8) is 0 Å². The van der Waals surface area contributed by atoms with E-state index in [0.717, 1.165) is 30.2 Å². The van der Waals surface area contributed by atoms with Crippen LogP contribution in [-0.2, 0) is 10.0 Å². The second-order valence-electron chi connectivity index (χ2n) is 5.34. The lowest BCUT2D eigenvalue weighted by molar-refractivity contribution is 0.214. The van der Waals surface area contributed by atoms with E-state index in [1.807, 2.05) is 6.92 Å². The maximum Gasteiger partial charge on any atom is 0.240 e. The average molecular weight is 378 g/mol. The van der Waals surface area contributed by atoms with Crippen LogP contribution in [0.15, 0.2) is 33.6 Å². The first kappa shape index (κ1) is 18.6. The van der Waals surface area contributed by atoms with Crippen LogP contribution in [-0.4, -0.2) is 26.2 Å². The summed E-state index contributed by atoms with van der Waals surface area (Å²) < 4.78 is 28.1. The minimum Gasteiger partial charge on any atom is -0.395 e. The van der Waals surface area contributed by atoms with Gasteiger partial charge in [0, 0.05) is 10.5 Å². The molecule has 0 spiro atoms. The van der Waals surface area contributed by atoms with Crippen LogP contribution < -0.4 is 4.72 Å². The molecule has 0 aliphatic carbocycles. The minimum absolute atomic E-state index is 0.103. The van der Waals surface area contributed by atoms with Crippen molar-refractivity contribution in [3.05, 3.63) is 28.7 Å². The molecule has 0 amide bonds. The largest absolute Gasteiger partial charge is 0.395 e. The fourth-order valence-electron chi connectivity index (χ4n) is 2.13. The van der Waals surface area contributed by atoms with Gasteiger partial charge < -0.3 is 5.11 Å². The van der Waals surface area contributed by atoms with Crippen LogP contribution in [0.25, 0.3) is 0 Å². The molecule has 0 aromatic heterocycles. The van der Waals surface area contributed by atoms with Crippen LogP contribution in [0.2, 0.25) is 0 Å². The van der Waals surface area contributed by atoms with Crippen LogP contribution in [0.4, 0.5) is 0 Å². The third-order valence-corrected chi connectivity index (χ3v) is 5.61. The molecule has 0 saturated heterocycles. The Labute approximate surface area is 136 Å². The van der Waals surface area contributed by atoms with Crippen molar-refractivity contribution in [2.24, 2.45) is 5.92 Å². The Kier molecular flexibility index (Phi) is 7.87. The molecular formula is C15H24BrNO3S. The summed E-state index contributed by atoms with van der Waals surface area (Å²) in [6.45, 7) is 3.91. The third kappa shape index (κ3) is 6.06. The summed E-state index contributed by atoms with van der Waals surface area (Å²) in [6.07, 6.45) is 4.21. The Balaban J connectivity index is 2.72. The lowest BCUT2D eigenvalue weighted by Crippen LogP contribution is -2.41. The van der Waals surface area contributed by atoms with Crippen LogP contribution in [0.3, 0.4) is 0 Å². The molecule has 0 aliphatic rings. The van der Waals surface area contributed by atoms with Gasteiger partial charge in [-0.05, 0) is 36.6 Å². The van der Waals surface area contributed by atoms with Gasteiger partial charge in [0.25, 0.3) is 0 Å². The highest BCUT2D eigenvalue weighted by molar-refractivity contribution is 9.10.